The predicted octanol–water partition coefficient (Wildman–Crippen LogP) is 3.48. The molecule has 0 aliphatic heterocycles. The molecule has 0 heterocycles. The summed E-state index contributed by atoms with van der Waals surface area (Å²) in [5.74, 6) is 0.208. The fourth-order valence-corrected chi connectivity index (χ4v) is 2.65. The van der Waals surface area contributed by atoms with Gasteiger partial charge in [-0.05, 0) is 61.9 Å². The Bertz CT molecular complexity index is 380. The van der Waals surface area contributed by atoms with E-state index in [0.717, 1.165) is 9.13 Å². The number of nitrogens with zero attached hydrogens (tertiary/aromatic N) is 1. The van der Waals surface area contributed by atoms with Crippen molar-refractivity contribution in [1.29, 1.82) is 0 Å². The van der Waals surface area contributed by atoms with Gasteiger partial charge in [0.05, 0.1) is 6.42 Å². The summed E-state index contributed by atoms with van der Waals surface area (Å²) >= 11 is 2.28. The monoisotopic (exact) mass is 345 g/mol. The van der Waals surface area contributed by atoms with Crippen molar-refractivity contribution < 1.29 is 4.79 Å². The van der Waals surface area contributed by atoms with E-state index in [4.69, 9.17) is 0 Å². The first-order valence-corrected chi connectivity index (χ1v) is 7.06. The molecule has 1 amide bonds. The first kappa shape index (κ1) is 14.5. The lowest BCUT2D eigenvalue weighted by Crippen LogP contribution is -2.42. The molecule has 0 atom stereocenters. The fraction of sp³-hybridized carbons (Fsp3) is 0.500. The van der Waals surface area contributed by atoms with E-state index in [9.17, 15) is 4.79 Å². The van der Waals surface area contributed by atoms with Crippen LogP contribution in [0.5, 0.6) is 0 Å². The highest BCUT2D eigenvalue weighted by Gasteiger charge is 2.20. The van der Waals surface area contributed by atoms with Gasteiger partial charge in [0, 0.05) is 15.7 Å². The van der Waals surface area contributed by atoms with Crippen molar-refractivity contribution in [2.24, 2.45) is 0 Å². The maximum Gasteiger partial charge on any atom is 0.227 e. The van der Waals surface area contributed by atoms with Gasteiger partial charge in [0.1, 0.15) is 0 Å². The normalized spacial score (nSPS) is 11.0. The standard InChI is InChI=1S/C14H20INO/c1-10(2)16(11(3)4)14(17)9-12-7-5-6-8-13(12)15/h5-8,10-11H,9H2,1-4H3. The molecule has 0 spiro atoms. The van der Waals surface area contributed by atoms with Crippen molar-refractivity contribution in [2.45, 2.75) is 46.2 Å². The molecule has 0 fully saturated rings. The fourth-order valence-electron chi connectivity index (χ4n) is 2.07. The highest BCUT2D eigenvalue weighted by Crippen LogP contribution is 2.15. The lowest BCUT2D eigenvalue weighted by atomic mass is 10.1. The van der Waals surface area contributed by atoms with E-state index in [1.54, 1.807) is 0 Å². The minimum absolute atomic E-state index is 0.208. The van der Waals surface area contributed by atoms with Crippen LogP contribution in [0.25, 0.3) is 0 Å². The summed E-state index contributed by atoms with van der Waals surface area (Å²) in [6, 6.07) is 8.56. The maximum atomic E-state index is 12.3. The van der Waals surface area contributed by atoms with Crippen LogP contribution in [0.3, 0.4) is 0 Å². The largest absolute Gasteiger partial charge is 0.338 e. The molecule has 17 heavy (non-hydrogen) atoms. The Morgan fingerprint density at radius 2 is 1.71 bits per heavy atom. The number of amides is 1. The minimum atomic E-state index is 0.208. The molecule has 0 radical (unpaired) electrons. The summed E-state index contributed by atoms with van der Waals surface area (Å²) in [5, 5.41) is 0. The first-order valence-electron chi connectivity index (χ1n) is 5.98. The topological polar surface area (TPSA) is 20.3 Å². The third-order valence-electron chi connectivity index (χ3n) is 2.70. The van der Waals surface area contributed by atoms with Gasteiger partial charge in [0.15, 0.2) is 0 Å². The van der Waals surface area contributed by atoms with Crippen LogP contribution in [0.2, 0.25) is 0 Å². The van der Waals surface area contributed by atoms with Crippen molar-refractivity contribution in [1.82, 2.24) is 4.90 Å². The Morgan fingerprint density at radius 1 is 1.18 bits per heavy atom. The summed E-state index contributed by atoms with van der Waals surface area (Å²) in [4.78, 5) is 14.2. The molecule has 3 heteroatoms. The summed E-state index contributed by atoms with van der Waals surface area (Å²) in [5.41, 5.74) is 1.12. The van der Waals surface area contributed by atoms with Crippen molar-refractivity contribution >= 4 is 28.5 Å². The highest BCUT2D eigenvalue weighted by molar-refractivity contribution is 14.1. The van der Waals surface area contributed by atoms with Gasteiger partial charge in [-0.2, -0.15) is 0 Å². The van der Waals surface area contributed by atoms with Crippen molar-refractivity contribution in [3.8, 4) is 0 Å². The lowest BCUT2D eigenvalue weighted by molar-refractivity contribution is -0.134. The zero-order valence-electron chi connectivity index (χ0n) is 10.9. The molecule has 0 aromatic heterocycles. The van der Waals surface area contributed by atoms with E-state index in [0.29, 0.717) is 6.42 Å². The Labute approximate surface area is 118 Å². The van der Waals surface area contributed by atoms with E-state index in [1.165, 1.54) is 0 Å². The van der Waals surface area contributed by atoms with Gasteiger partial charge < -0.3 is 4.90 Å². The molecule has 1 aromatic carbocycles. The molecule has 0 bridgehead atoms. The van der Waals surface area contributed by atoms with E-state index >= 15 is 0 Å². The number of carbonyl (C=O) groups is 1. The average molecular weight is 345 g/mol. The molecular weight excluding hydrogens is 325 g/mol. The van der Waals surface area contributed by atoms with E-state index in [-0.39, 0.29) is 18.0 Å². The van der Waals surface area contributed by atoms with Crippen molar-refractivity contribution in [3.05, 3.63) is 33.4 Å². The molecule has 1 rings (SSSR count). The van der Waals surface area contributed by atoms with Crippen LogP contribution >= 0.6 is 22.6 Å². The number of hydrogen-bond acceptors (Lipinski definition) is 1. The Balaban J connectivity index is 2.81. The second kappa shape index (κ2) is 6.38. The molecule has 0 aliphatic carbocycles. The van der Waals surface area contributed by atoms with Crippen LogP contribution in [-0.2, 0) is 11.2 Å². The predicted molar refractivity (Wildman–Crippen MR) is 80.0 cm³/mol. The van der Waals surface area contributed by atoms with E-state index in [2.05, 4.69) is 50.3 Å². The van der Waals surface area contributed by atoms with Crippen LogP contribution in [0.15, 0.2) is 24.3 Å². The Kier molecular flexibility index (Phi) is 5.43. The number of benzene rings is 1. The Hall–Kier alpha value is -0.580. The zero-order valence-corrected chi connectivity index (χ0v) is 13.1. The first-order chi connectivity index (χ1) is 7.93. The molecule has 0 saturated heterocycles. The molecule has 0 unspecified atom stereocenters. The molecule has 0 saturated carbocycles. The van der Waals surface area contributed by atoms with Gasteiger partial charge in [0.2, 0.25) is 5.91 Å². The van der Waals surface area contributed by atoms with Gasteiger partial charge in [-0.15, -0.1) is 0 Å². The summed E-state index contributed by atoms with van der Waals surface area (Å²) in [6.07, 6.45) is 0.496. The number of carbonyl (C=O) groups excluding carboxylic acids is 1. The quantitative estimate of drug-likeness (QED) is 0.765. The van der Waals surface area contributed by atoms with E-state index in [1.807, 2.05) is 29.2 Å². The molecular formula is C14H20INO. The summed E-state index contributed by atoms with van der Waals surface area (Å²) < 4.78 is 1.16. The second-order valence-electron chi connectivity index (χ2n) is 4.76. The smallest absolute Gasteiger partial charge is 0.227 e. The zero-order chi connectivity index (χ0) is 13.0. The average Bonchev–Trinajstić information content (AvgIpc) is 2.20. The van der Waals surface area contributed by atoms with Crippen molar-refractivity contribution in [2.75, 3.05) is 0 Å². The molecule has 94 valence electrons. The molecule has 0 N–H and O–H groups in total. The van der Waals surface area contributed by atoms with Crippen LogP contribution in [0, 0.1) is 3.57 Å². The maximum absolute atomic E-state index is 12.3. The molecule has 0 aliphatic rings. The van der Waals surface area contributed by atoms with Crippen LogP contribution < -0.4 is 0 Å². The molecule has 1 aromatic rings. The number of halogens is 1. The minimum Gasteiger partial charge on any atom is -0.338 e. The summed E-state index contributed by atoms with van der Waals surface area (Å²) in [6.45, 7) is 8.25. The van der Waals surface area contributed by atoms with Gasteiger partial charge in [0.25, 0.3) is 0 Å². The highest BCUT2D eigenvalue weighted by atomic mass is 127. The second-order valence-corrected chi connectivity index (χ2v) is 5.92. The van der Waals surface area contributed by atoms with Crippen LogP contribution in [-0.4, -0.2) is 22.9 Å². The number of rotatable bonds is 4. The SMILES string of the molecule is CC(C)N(C(=O)Cc1ccccc1I)C(C)C. The van der Waals surface area contributed by atoms with E-state index < -0.39 is 0 Å². The van der Waals surface area contributed by atoms with Gasteiger partial charge in [-0.1, -0.05) is 18.2 Å². The van der Waals surface area contributed by atoms with Gasteiger partial charge in [-0.25, -0.2) is 0 Å². The van der Waals surface area contributed by atoms with Crippen LogP contribution in [0.1, 0.15) is 33.3 Å². The Morgan fingerprint density at radius 3 is 2.18 bits per heavy atom. The third kappa shape index (κ3) is 3.98. The lowest BCUT2D eigenvalue weighted by Gasteiger charge is -2.31. The molecule has 2 nitrogen and oxygen atoms in total. The van der Waals surface area contributed by atoms with Gasteiger partial charge >= 0.3 is 0 Å². The number of hydrogen-bond donors (Lipinski definition) is 0. The summed E-state index contributed by atoms with van der Waals surface area (Å²) in [7, 11) is 0. The van der Waals surface area contributed by atoms with Gasteiger partial charge in [-0.3, -0.25) is 4.79 Å². The van der Waals surface area contributed by atoms with Crippen molar-refractivity contribution in [3.63, 3.8) is 0 Å². The third-order valence-corrected chi connectivity index (χ3v) is 3.75. The van der Waals surface area contributed by atoms with Crippen LogP contribution in [0.4, 0.5) is 0 Å².